The summed E-state index contributed by atoms with van der Waals surface area (Å²) in [5.74, 6) is 1.12. The molecule has 31 heavy (non-hydrogen) atoms. The zero-order chi connectivity index (χ0) is 22.8. The lowest BCUT2D eigenvalue weighted by molar-refractivity contribution is -0.112. The van der Waals surface area contributed by atoms with E-state index in [0.717, 1.165) is 0 Å². The summed E-state index contributed by atoms with van der Waals surface area (Å²) in [5.41, 5.74) is 0.804. The summed E-state index contributed by atoms with van der Waals surface area (Å²) < 4.78 is 21.6. The number of benzene rings is 2. The first-order valence-electron chi connectivity index (χ1n) is 9.32. The number of hydrogen-bond acceptors (Lipinski definition) is 6. The number of halogens is 1. The summed E-state index contributed by atoms with van der Waals surface area (Å²) >= 11 is 6.09. The first-order valence-corrected chi connectivity index (χ1v) is 9.70. The SMILES string of the molecule is C=CCOc1ccc(/C=C(\C#N)C(=O)Nc2cc(OC)c(Cl)cc2OC)cc1OCC. The van der Waals surface area contributed by atoms with Gasteiger partial charge in [0.05, 0.1) is 31.5 Å². The monoisotopic (exact) mass is 442 g/mol. The van der Waals surface area contributed by atoms with E-state index in [1.807, 2.05) is 13.0 Å². The molecule has 0 bridgehead atoms. The van der Waals surface area contributed by atoms with Gasteiger partial charge >= 0.3 is 0 Å². The Balaban J connectivity index is 2.33. The van der Waals surface area contributed by atoms with Gasteiger partial charge in [-0.2, -0.15) is 5.26 Å². The Morgan fingerprint density at radius 2 is 1.87 bits per heavy atom. The number of nitrogens with one attached hydrogen (secondary N) is 1. The van der Waals surface area contributed by atoms with Gasteiger partial charge in [-0.25, -0.2) is 0 Å². The highest BCUT2D eigenvalue weighted by molar-refractivity contribution is 6.32. The fourth-order valence-corrected chi connectivity index (χ4v) is 2.84. The van der Waals surface area contributed by atoms with Crippen molar-refractivity contribution in [2.75, 3.05) is 32.8 Å². The fourth-order valence-electron chi connectivity index (χ4n) is 2.61. The second-order valence-corrected chi connectivity index (χ2v) is 6.46. The molecular weight excluding hydrogens is 420 g/mol. The number of carbonyl (C=O) groups is 1. The molecule has 0 saturated heterocycles. The van der Waals surface area contributed by atoms with Crippen molar-refractivity contribution in [3.8, 4) is 29.1 Å². The van der Waals surface area contributed by atoms with E-state index in [1.165, 1.54) is 32.4 Å². The molecule has 0 aromatic heterocycles. The molecule has 0 aliphatic heterocycles. The quantitative estimate of drug-likeness (QED) is 0.321. The summed E-state index contributed by atoms with van der Waals surface area (Å²) in [6.07, 6.45) is 3.08. The summed E-state index contributed by atoms with van der Waals surface area (Å²) in [6.45, 7) is 6.23. The summed E-state index contributed by atoms with van der Waals surface area (Å²) in [7, 11) is 2.90. The maximum Gasteiger partial charge on any atom is 0.266 e. The minimum Gasteiger partial charge on any atom is -0.495 e. The molecule has 0 spiro atoms. The molecule has 0 heterocycles. The van der Waals surface area contributed by atoms with Crippen LogP contribution in [0.3, 0.4) is 0 Å². The van der Waals surface area contributed by atoms with E-state index in [4.69, 9.17) is 30.5 Å². The Kier molecular flexibility index (Phi) is 8.79. The number of hydrogen-bond donors (Lipinski definition) is 1. The third-order valence-electron chi connectivity index (χ3n) is 4.02. The molecule has 2 aromatic carbocycles. The molecule has 0 aliphatic carbocycles. The number of carbonyl (C=O) groups excluding carboxylic acids is 1. The first kappa shape index (κ1) is 23.6. The number of amides is 1. The minimum absolute atomic E-state index is 0.113. The molecule has 0 atom stereocenters. The molecule has 0 radical (unpaired) electrons. The molecule has 162 valence electrons. The van der Waals surface area contributed by atoms with Crippen molar-refractivity contribution in [1.82, 2.24) is 0 Å². The Morgan fingerprint density at radius 3 is 2.48 bits per heavy atom. The van der Waals surface area contributed by atoms with Crippen LogP contribution < -0.4 is 24.3 Å². The third-order valence-corrected chi connectivity index (χ3v) is 4.32. The standard InChI is InChI=1S/C23H23ClN2O5/c1-5-9-31-19-8-7-15(11-22(19)30-6-2)10-16(14-25)23(27)26-18-13-20(28-3)17(24)12-21(18)29-4/h5,7-8,10-13H,1,6,9H2,2-4H3,(H,26,27)/b16-10+. The summed E-state index contributed by atoms with van der Waals surface area (Å²) in [4.78, 5) is 12.7. The van der Waals surface area contributed by atoms with Crippen molar-refractivity contribution in [2.24, 2.45) is 0 Å². The van der Waals surface area contributed by atoms with Crippen molar-refractivity contribution in [1.29, 1.82) is 5.26 Å². The maximum atomic E-state index is 12.7. The molecule has 2 rings (SSSR count). The molecule has 0 saturated carbocycles. The van der Waals surface area contributed by atoms with Crippen molar-refractivity contribution < 1.29 is 23.7 Å². The van der Waals surface area contributed by atoms with Crippen LogP contribution in [0.1, 0.15) is 12.5 Å². The van der Waals surface area contributed by atoms with Crippen LogP contribution in [0.25, 0.3) is 6.08 Å². The van der Waals surface area contributed by atoms with Crippen LogP contribution in [0.15, 0.2) is 48.6 Å². The Morgan fingerprint density at radius 1 is 1.13 bits per heavy atom. The Labute approximate surface area is 186 Å². The average Bonchev–Trinajstić information content (AvgIpc) is 2.77. The number of ether oxygens (including phenoxy) is 4. The second kappa shape index (κ2) is 11.5. The van der Waals surface area contributed by atoms with Crippen LogP contribution in [0.5, 0.6) is 23.0 Å². The van der Waals surface area contributed by atoms with Gasteiger partial charge in [-0.05, 0) is 30.7 Å². The van der Waals surface area contributed by atoms with E-state index in [9.17, 15) is 10.1 Å². The van der Waals surface area contributed by atoms with Gasteiger partial charge in [-0.1, -0.05) is 30.3 Å². The van der Waals surface area contributed by atoms with Crippen LogP contribution in [-0.2, 0) is 4.79 Å². The van der Waals surface area contributed by atoms with Gasteiger partial charge in [0.25, 0.3) is 5.91 Å². The van der Waals surface area contributed by atoms with E-state index in [-0.39, 0.29) is 5.57 Å². The van der Waals surface area contributed by atoms with Crippen molar-refractivity contribution in [3.05, 3.63) is 59.1 Å². The smallest absolute Gasteiger partial charge is 0.266 e. The lowest BCUT2D eigenvalue weighted by Gasteiger charge is -2.13. The molecule has 0 fully saturated rings. The highest BCUT2D eigenvalue weighted by Crippen LogP contribution is 2.36. The molecule has 2 aromatic rings. The van der Waals surface area contributed by atoms with Crippen LogP contribution in [-0.4, -0.2) is 33.3 Å². The summed E-state index contributed by atoms with van der Waals surface area (Å²) in [6, 6.07) is 10.1. The lowest BCUT2D eigenvalue weighted by atomic mass is 10.1. The van der Waals surface area contributed by atoms with E-state index >= 15 is 0 Å². The van der Waals surface area contributed by atoms with E-state index in [0.29, 0.717) is 52.5 Å². The molecule has 8 heteroatoms. The molecule has 0 aliphatic rings. The average molecular weight is 443 g/mol. The zero-order valence-corrected chi connectivity index (χ0v) is 18.3. The number of nitrogens with zero attached hydrogens (tertiary/aromatic N) is 1. The van der Waals surface area contributed by atoms with Crippen molar-refractivity contribution in [2.45, 2.75) is 6.92 Å². The lowest BCUT2D eigenvalue weighted by Crippen LogP contribution is -2.14. The van der Waals surface area contributed by atoms with Crippen LogP contribution in [0, 0.1) is 11.3 Å². The highest BCUT2D eigenvalue weighted by Gasteiger charge is 2.16. The Bertz CT molecular complexity index is 1030. The Hall–Kier alpha value is -3.63. The first-order chi connectivity index (χ1) is 15.0. The number of anilines is 1. The van der Waals surface area contributed by atoms with Gasteiger partial charge in [0.15, 0.2) is 11.5 Å². The molecular formula is C23H23ClN2O5. The topological polar surface area (TPSA) is 89.8 Å². The highest BCUT2D eigenvalue weighted by atomic mass is 35.5. The van der Waals surface area contributed by atoms with Gasteiger partial charge in [-0.3, -0.25) is 4.79 Å². The predicted octanol–water partition coefficient (Wildman–Crippen LogP) is 4.87. The fraction of sp³-hybridized carbons (Fsp3) is 0.217. The molecule has 1 N–H and O–H groups in total. The van der Waals surface area contributed by atoms with Crippen molar-refractivity contribution in [3.63, 3.8) is 0 Å². The van der Waals surface area contributed by atoms with Crippen LogP contribution in [0.4, 0.5) is 5.69 Å². The van der Waals surface area contributed by atoms with Crippen LogP contribution >= 0.6 is 11.6 Å². The number of nitriles is 1. The van der Waals surface area contributed by atoms with Gasteiger partial charge in [-0.15, -0.1) is 0 Å². The van der Waals surface area contributed by atoms with E-state index < -0.39 is 5.91 Å². The zero-order valence-electron chi connectivity index (χ0n) is 17.5. The van der Waals surface area contributed by atoms with Gasteiger partial charge in [0.1, 0.15) is 29.7 Å². The van der Waals surface area contributed by atoms with Crippen LogP contribution in [0.2, 0.25) is 5.02 Å². The number of methoxy groups -OCH3 is 2. The largest absolute Gasteiger partial charge is 0.495 e. The second-order valence-electron chi connectivity index (χ2n) is 6.05. The minimum atomic E-state index is -0.616. The molecule has 1 amide bonds. The normalized spacial score (nSPS) is 10.6. The molecule has 0 unspecified atom stereocenters. The predicted molar refractivity (Wildman–Crippen MR) is 120 cm³/mol. The summed E-state index contributed by atoms with van der Waals surface area (Å²) in [5, 5.41) is 12.5. The third kappa shape index (κ3) is 6.17. The maximum absolute atomic E-state index is 12.7. The van der Waals surface area contributed by atoms with Gasteiger partial charge in [0, 0.05) is 12.1 Å². The van der Waals surface area contributed by atoms with Crippen molar-refractivity contribution >= 4 is 29.3 Å². The van der Waals surface area contributed by atoms with E-state index in [1.54, 1.807) is 24.3 Å². The number of rotatable bonds is 10. The molecule has 7 nitrogen and oxygen atoms in total. The van der Waals surface area contributed by atoms with Gasteiger partial charge < -0.3 is 24.3 Å². The van der Waals surface area contributed by atoms with E-state index in [2.05, 4.69) is 11.9 Å². The van der Waals surface area contributed by atoms with Gasteiger partial charge in [0.2, 0.25) is 0 Å².